The van der Waals surface area contributed by atoms with Crippen molar-refractivity contribution in [3.63, 3.8) is 0 Å². The largest absolute Gasteiger partial charge is 0.495 e. The van der Waals surface area contributed by atoms with Gasteiger partial charge in [-0.15, -0.1) is 0 Å². The second-order valence-electron chi connectivity index (χ2n) is 6.73. The van der Waals surface area contributed by atoms with Gasteiger partial charge >= 0.3 is 0 Å². The van der Waals surface area contributed by atoms with Crippen LogP contribution in [-0.2, 0) is 10.0 Å². The molecule has 2 aromatic carbocycles. The summed E-state index contributed by atoms with van der Waals surface area (Å²) in [6.07, 6.45) is 3.62. The van der Waals surface area contributed by atoms with Gasteiger partial charge in [-0.3, -0.25) is 4.79 Å². The summed E-state index contributed by atoms with van der Waals surface area (Å²) in [7, 11) is -2.33. The molecule has 0 aliphatic carbocycles. The quantitative estimate of drug-likeness (QED) is 0.751. The Hall–Kier alpha value is -2.16. The van der Waals surface area contributed by atoms with Gasteiger partial charge in [-0.05, 0) is 43.2 Å². The predicted octanol–water partition coefficient (Wildman–Crippen LogP) is 4.30. The van der Waals surface area contributed by atoms with Gasteiger partial charge in [0.15, 0.2) is 0 Å². The summed E-state index contributed by atoms with van der Waals surface area (Å²) >= 11 is 5.95. The van der Waals surface area contributed by atoms with Gasteiger partial charge in [0.2, 0.25) is 10.0 Å². The predicted molar refractivity (Wildman–Crippen MR) is 110 cm³/mol. The molecule has 0 bridgehead atoms. The molecule has 9 heteroatoms. The van der Waals surface area contributed by atoms with Gasteiger partial charge in [-0.2, -0.15) is 4.31 Å². The minimum Gasteiger partial charge on any atom is -0.495 e. The topological polar surface area (TPSA) is 75.7 Å². The van der Waals surface area contributed by atoms with Crippen molar-refractivity contribution in [2.24, 2.45) is 0 Å². The van der Waals surface area contributed by atoms with Crippen LogP contribution in [0.15, 0.2) is 41.3 Å². The molecule has 1 amide bonds. The molecule has 3 rings (SSSR count). The van der Waals surface area contributed by atoms with Gasteiger partial charge in [0.1, 0.15) is 11.6 Å². The van der Waals surface area contributed by atoms with E-state index >= 15 is 0 Å². The van der Waals surface area contributed by atoms with Crippen molar-refractivity contribution >= 4 is 33.2 Å². The Morgan fingerprint density at radius 3 is 2.45 bits per heavy atom. The zero-order valence-electron chi connectivity index (χ0n) is 16.0. The Kier molecular flexibility index (Phi) is 6.77. The third-order valence-corrected chi connectivity index (χ3v) is 7.02. The van der Waals surface area contributed by atoms with Crippen LogP contribution in [0.2, 0.25) is 5.02 Å². The number of benzene rings is 2. The normalized spacial score (nSPS) is 15.6. The molecule has 1 N–H and O–H groups in total. The van der Waals surface area contributed by atoms with Gasteiger partial charge in [0, 0.05) is 13.1 Å². The van der Waals surface area contributed by atoms with E-state index in [1.165, 1.54) is 41.7 Å². The molecule has 1 fully saturated rings. The first-order valence-corrected chi connectivity index (χ1v) is 11.1. The Morgan fingerprint density at radius 2 is 1.83 bits per heavy atom. The highest BCUT2D eigenvalue weighted by Gasteiger charge is 2.26. The van der Waals surface area contributed by atoms with Crippen LogP contribution in [0, 0.1) is 5.82 Å². The number of anilines is 1. The summed E-state index contributed by atoms with van der Waals surface area (Å²) in [6.45, 7) is 0.918. The van der Waals surface area contributed by atoms with Crippen molar-refractivity contribution in [3.05, 3.63) is 52.8 Å². The molecule has 1 aliphatic rings. The lowest BCUT2D eigenvalue weighted by atomic mass is 10.2. The molecule has 0 aromatic heterocycles. The van der Waals surface area contributed by atoms with Crippen molar-refractivity contribution in [1.82, 2.24) is 4.31 Å². The Bertz CT molecular complexity index is 985. The van der Waals surface area contributed by atoms with Gasteiger partial charge in [0.25, 0.3) is 5.91 Å². The number of amides is 1. The van der Waals surface area contributed by atoms with E-state index in [4.69, 9.17) is 16.3 Å². The SMILES string of the molecule is COc1ccc(S(=O)(=O)N2CCCCCC2)cc1NC(=O)c1c(F)cccc1Cl. The summed E-state index contributed by atoms with van der Waals surface area (Å²) in [5.74, 6) is -1.32. The van der Waals surface area contributed by atoms with Crippen LogP contribution in [-0.4, -0.2) is 38.8 Å². The number of rotatable bonds is 5. The zero-order valence-corrected chi connectivity index (χ0v) is 17.5. The summed E-state index contributed by atoms with van der Waals surface area (Å²) in [5, 5.41) is 2.47. The van der Waals surface area contributed by atoms with Gasteiger partial charge in [-0.25, -0.2) is 12.8 Å². The van der Waals surface area contributed by atoms with E-state index in [-0.39, 0.29) is 26.9 Å². The van der Waals surface area contributed by atoms with Crippen LogP contribution >= 0.6 is 11.6 Å². The molecule has 156 valence electrons. The average molecular weight is 441 g/mol. The van der Waals surface area contributed by atoms with Crippen LogP contribution < -0.4 is 10.1 Å². The maximum absolute atomic E-state index is 14.1. The Morgan fingerprint density at radius 1 is 1.14 bits per heavy atom. The number of ether oxygens (including phenoxy) is 1. The Balaban J connectivity index is 1.94. The first-order valence-electron chi connectivity index (χ1n) is 9.28. The number of halogens is 2. The molecule has 2 aromatic rings. The van der Waals surface area contributed by atoms with Gasteiger partial charge in [0.05, 0.1) is 28.3 Å². The minimum atomic E-state index is -3.72. The van der Waals surface area contributed by atoms with Gasteiger partial charge in [-0.1, -0.05) is 30.5 Å². The third-order valence-electron chi connectivity index (χ3n) is 4.81. The smallest absolute Gasteiger partial charge is 0.260 e. The number of nitrogens with one attached hydrogen (secondary N) is 1. The molecule has 29 heavy (non-hydrogen) atoms. The summed E-state index contributed by atoms with van der Waals surface area (Å²) in [4.78, 5) is 12.6. The monoisotopic (exact) mass is 440 g/mol. The highest BCUT2D eigenvalue weighted by Crippen LogP contribution is 2.31. The number of carbonyl (C=O) groups is 1. The molecule has 0 radical (unpaired) electrons. The fourth-order valence-corrected chi connectivity index (χ4v) is 5.07. The van der Waals surface area contributed by atoms with E-state index < -0.39 is 21.7 Å². The molecule has 6 nitrogen and oxygen atoms in total. The first kappa shape index (κ1) is 21.5. The minimum absolute atomic E-state index is 0.0372. The Labute approximate surface area is 174 Å². The van der Waals surface area contributed by atoms with Crippen LogP contribution in [0.5, 0.6) is 5.75 Å². The standard InChI is InChI=1S/C20H22ClFN2O4S/c1-28-18-10-9-14(29(26,27)24-11-4-2-3-5-12-24)13-17(18)23-20(25)19-15(21)7-6-8-16(19)22/h6-10,13H,2-5,11-12H2,1H3,(H,23,25). The molecule has 0 unspecified atom stereocenters. The van der Waals surface area contributed by atoms with Crippen molar-refractivity contribution in [3.8, 4) is 5.75 Å². The lowest BCUT2D eigenvalue weighted by Gasteiger charge is -2.21. The number of carbonyl (C=O) groups excluding carboxylic acids is 1. The van der Waals surface area contributed by atoms with E-state index in [1.807, 2.05) is 0 Å². The maximum Gasteiger partial charge on any atom is 0.260 e. The van der Waals surface area contributed by atoms with E-state index in [1.54, 1.807) is 0 Å². The van der Waals surface area contributed by atoms with E-state index in [0.29, 0.717) is 13.1 Å². The molecule has 0 atom stereocenters. The molecule has 0 spiro atoms. The fraction of sp³-hybridized carbons (Fsp3) is 0.350. The van der Waals surface area contributed by atoms with Crippen LogP contribution in [0.25, 0.3) is 0 Å². The highest BCUT2D eigenvalue weighted by molar-refractivity contribution is 7.89. The molecule has 1 aliphatic heterocycles. The van der Waals surface area contributed by atoms with Crippen molar-refractivity contribution in [1.29, 1.82) is 0 Å². The number of methoxy groups -OCH3 is 1. The van der Waals surface area contributed by atoms with E-state index in [0.717, 1.165) is 31.7 Å². The van der Waals surface area contributed by atoms with Crippen LogP contribution in [0.4, 0.5) is 10.1 Å². The van der Waals surface area contributed by atoms with Crippen LogP contribution in [0.1, 0.15) is 36.0 Å². The molecular weight excluding hydrogens is 419 g/mol. The second kappa shape index (κ2) is 9.11. The fourth-order valence-electron chi connectivity index (χ4n) is 3.28. The van der Waals surface area contributed by atoms with E-state index in [9.17, 15) is 17.6 Å². The number of hydrogen-bond acceptors (Lipinski definition) is 4. The second-order valence-corrected chi connectivity index (χ2v) is 9.08. The average Bonchev–Trinajstić information content (AvgIpc) is 2.98. The summed E-state index contributed by atoms with van der Waals surface area (Å²) in [6, 6.07) is 8.14. The molecule has 0 saturated carbocycles. The van der Waals surface area contributed by atoms with Crippen molar-refractivity contribution < 1.29 is 22.3 Å². The molecular formula is C20H22ClFN2O4S. The van der Waals surface area contributed by atoms with E-state index in [2.05, 4.69) is 5.32 Å². The highest BCUT2D eigenvalue weighted by atomic mass is 35.5. The summed E-state index contributed by atoms with van der Waals surface area (Å²) < 4.78 is 46.8. The number of hydrogen-bond donors (Lipinski definition) is 1. The lowest BCUT2D eigenvalue weighted by molar-refractivity contribution is 0.102. The number of nitrogens with zero attached hydrogens (tertiary/aromatic N) is 1. The lowest BCUT2D eigenvalue weighted by Crippen LogP contribution is -2.32. The zero-order chi connectivity index (χ0) is 21.0. The van der Waals surface area contributed by atoms with Gasteiger partial charge < -0.3 is 10.1 Å². The maximum atomic E-state index is 14.1. The molecule has 1 heterocycles. The summed E-state index contributed by atoms with van der Waals surface area (Å²) in [5.41, 5.74) is -0.204. The molecule has 1 saturated heterocycles. The van der Waals surface area contributed by atoms with Crippen LogP contribution in [0.3, 0.4) is 0 Å². The first-order chi connectivity index (χ1) is 13.8. The number of sulfonamides is 1. The van der Waals surface area contributed by atoms with Crippen molar-refractivity contribution in [2.75, 3.05) is 25.5 Å². The third kappa shape index (κ3) is 4.71. The van der Waals surface area contributed by atoms with Crippen molar-refractivity contribution in [2.45, 2.75) is 30.6 Å².